The lowest BCUT2D eigenvalue weighted by atomic mass is 10.1. The molecule has 5 heteroatoms. The normalized spacial score (nSPS) is 10.3. The number of benzene rings is 2. The number of nitrogens with one attached hydrogen (secondary N) is 1. The third-order valence-corrected chi connectivity index (χ3v) is 3.23. The van der Waals surface area contributed by atoms with Crippen molar-refractivity contribution in [2.24, 2.45) is 0 Å². The van der Waals surface area contributed by atoms with Crippen LogP contribution in [0.4, 0.5) is 10.1 Å². The molecule has 98 valence electrons. The van der Waals surface area contributed by atoms with Gasteiger partial charge in [0.25, 0.3) is 5.91 Å². The van der Waals surface area contributed by atoms with Crippen LogP contribution in [0.1, 0.15) is 15.9 Å². The maximum absolute atomic E-state index is 13.1. The van der Waals surface area contributed by atoms with Crippen LogP contribution >= 0.6 is 24.2 Å². The van der Waals surface area contributed by atoms with E-state index in [0.29, 0.717) is 16.3 Å². The molecule has 0 aliphatic rings. The molecule has 1 N–H and O–H groups in total. The van der Waals surface area contributed by atoms with Gasteiger partial charge < -0.3 is 5.32 Å². The second kappa shape index (κ2) is 5.63. The summed E-state index contributed by atoms with van der Waals surface area (Å²) in [7, 11) is 0. The maximum Gasteiger partial charge on any atom is 0.255 e. The molecule has 0 radical (unpaired) electrons. The molecule has 0 saturated carbocycles. The summed E-state index contributed by atoms with van der Waals surface area (Å²) in [6.45, 7) is 1.86. The predicted molar refractivity (Wildman–Crippen MR) is 77.8 cm³/mol. The number of halogens is 2. The zero-order chi connectivity index (χ0) is 14.0. The maximum atomic E-state index is 13.1. The van der Waals surface area contributed by atoms with Crippen molar-refractivity contribution in [1.82, 2.24) is 0 Å². The Labute approximate surface area is 121 Å². The molecule has 0 aliphatic carbocycles. The Balaban J connectivity index is 2.25. The number of hydrogen-bond acceptors (Lipinski definition) is 2. The van der Waals surface area contributed by atoms with E-state index in [2.05, 4.69) is 17.9 Å². The monoisotopic (exact) mass is 295 g/mol. The molecule has 2 aromatic carbocycles. The molecule has 0 heterocycles. The van der Waals surface area contributed by atoms with Crippen LogP contribution in [0.5, 0.6) is 0 Å². The zero-order valence-corrected chi connectivity index (χ0v) is 11.7. The molecule has 0 atom stereocenters. The predicted octanol–water partition coefficient (Wildman–Crippen LogP) is 4.33. The SMILES string of the molecule is Cc1ccc(Cl)cc1NC(=O)c1ccc(F)c(S)c1. The van der Waals surface area contributed by atoms with Gasteiger partial charge in [0.15, 0.2) is 0 Å². The van der Waals surface area contributed by atoms with Crippen LogP contribution in [0.15, 0.2) is 41.3 Å². The van der Waals surface area contributed by atoms with E-state index in [0.717, 1.165) is 5.56 Å². The average molecular weight is 296 g/mol. The van der Waals surface area contributed by atoms with E-state index in [-0.39, 0.29) is 10.8 Å². The third-order valence-electron chi connectivity index (χ3n) is 2.66. The molecule has 0 saturated heterocycles. The van der Waals surface area contributed by atoms with Crippen molar-refractivity contribution in [3.63, 3.8) is 0 Å². The van der Waals surface area contributed by atoms with Crippen molar-refractivity contribution >= 4 is 35.8 Å². The van der Waals surface area contributed by atoms with E-state index in [1.54, 1.807) is 12.1 Å². The van der Waals surface area contributed by atoms with E-state index in [1.165, 1.54) is 18.2 Å². The summed E-state index contributed by atoms with van der Waals surface area (Å²) < 4.78 is 13.1. The highest BCUT2D eigenvalue weighted by Gasteiger charge is 2.10. The zero-order valence-electron chi connectivity index (χ0n) is 10.1. The Morgan fingerprint density at radius 2 is 2.00 bits per heavy atom. The average Bonchev–Trinajstić information content (AvgIpc) is 2.37. The first-order chi connectivity index (χ1) is 8.97. The number of carbonyl (C=O) groups is 1. The van der Waals surface area contributed by atoms with Crippen molar-refractivity contribution in [3.8, 4) is 0 Å². The van der Waals surface area contributed by atoms with Crippen molar-refractivity contribution < 1.29 is 9.18 Å². The summed E-state index contributed by atoms with van der Waals surface area (Å²) >= 11 is 9.83. The number of rotatable bonds is 2. The number of carbonyl (C=O) groups excluding carboxylic acids is 1. The van der Waals surface area contributed by atoms with Crippen LogP contribution in [0.25, 0.3) is 0 Å². The number of thiol groups is 1. The van der Waals surface area contributed by atoms with Crippen LogP contribution in [0.3, 0.4) is 0 Å². The molecule has 2 rings (SSSR count). The second-order valence-electron chi connectivity index (χ2n) is 4.08. The van der Waals surface area contributed by atoms with Crippen molar-refractivity contribution in [1.29, 1.82) is 0 Å². The van der Waals surface area contributed by atoms with Gasteiger partial charge in [-0.25, -0.2) is 4.39 Å². The lowest BCUT2D eigenvalue weighted by Gasteiger charge is -2.09. The number of aryl methyl sites for hydroxylation is 1. The van der Waals surface area contributed by atoms with Gasteiger partial charge in [0, 0.05) is 21.2 Å². The highest BCUT2D eigenvalue weighted by Crippen LogP contribution is 2.21. The fraction of sp³-hybridized carbons (Fsp3) is 0.0714. The standard InChI is InChI=1S/C14H11ClFNOS/c1-8-2-4-10(15)7-12(8)17-14(18)9-3-5-11(16)13(19)6-9/h2-7,19H,1H3,(H,17,18). The summed E-state index contributed by atoms with van der Waals surface area (Å²) in [6.07, 6.45) is 0. The summed E-state index contributed by atoms with van der Waals surface area (Å²) in [5.74, 6) is -0.792. The largest absolute Gasteiger partial charge is 0.322 e. The summed E-state index contributed by atoms with van der Waals surface area (Å²) in [4.78, 5) is 12.2. The van der Waals surface area contributed by atoms with Gasteiger partial charge in [-0.1, -0.05) is 17.7 Å². The number of anilines is 1. The third kappa shape index (κ3) is 3.28. The van der Waals surface area contributed by atoms with Crippen molar-refractivity contribution in [3.05, 3.63) is 58.4 Å². The number of amides is 1. The molecular formula is C14H11ClFNOS. The smallest absolute Gasteiger partial charge is 0.255 e. The first kappa shape index (κ1) is 13.9. The number of hydrogen-bond donors (Lipinski definition) is 2. The molecule has 2 nitrogen and oxygen atoms in total. The fourth-order valence-corrected chi connectivity index (χ4v) is 1.96. The van der Waals surface area contributed by atoms with Gasteiger partial charge in [0.2, 0.25) is 0 Å². The van der Waals surface area contributed by atoms with Crippen LogP contribution in [-0.2, 0) is 0 Å². The molecule has 0 bridgehead atoms. The molecule has 0 aliphatic heterocycles. The van der Waals surface area contributed by atoms with Gasteiger partial charge in [0.05, 0.1) is 0 Å². The lowest BCUT2D eigenvalue weighted by molar-refractivity contribution is 0.102. The molecule has 19 heavy (non-hydrogen) atoms. The van der Waals surface area contributed by atoms with Crippen LogP contribution in [0.2, 0.25) is 5.02 Å². The van der Waals surface area contributed by atoms with Gasteiger partial charge in [0.1, 0.15) is 5.82 Å². The van der Waals surface area contributed by atoms with Gasteiger partial charge in [-0.3, -0.25) is 4.79 Å². The van der Waals surface area contributed by atoms with Crippen molar-refractivity contribution in [2.75, 3.05) is 5.32 Å². The van der Waals surface area contributed by atoms with E-state index in [1.807, 2.05) is 13.0 Å². The Morgan fingerprint density at radius 1 is 1.26 bits per heavy atom. The van der Waals surface area contributed by atoms with E-state index in [9.17, 15) is 9.18 Å². The highest BCUT2D eigenvalue weighted by molar-refractivity contribution is 7.80. The lowest BCUT2D eigenvalue weighted by Crippen LogP contribution is -2.13. The van der Waals surface area contributed by atoms with Crippen LogP contribution < -0.4 is 5.32 Å². The minimum absolute atomic E-state index is 0.135. The Bertz CT molecular complexity index is 645. The highest BCUT2D eigenvalue weighted by atomic mass is 35.5. The fourth-order valence-electron chi connectivity index (χ4n) is 1.58. The van der Waals surface area contributed by atoms with Crippen LogP contribution in [0, 0.1) is 12.7 Å². The molecule has 0 aromatic heterocycles. The van der Waals surface area contributed by atoms with E-state index < -0.39 is 5.82 Å². The molecule has 0 unspecified atom stereocenters. The topological polar surface area (TPSA) is 29.1 Å². The summed E-state index contributed by atoms with van der Waals surface area (Å²) in [5, 5.41) is 3.27. The Kier molecular flexibility index (Phi) is 4.12. The van der Waals surface area contributed by atoms with Crippen LogP contribution in [-0.4, -0.2) is 5.91 Å². The molecule has 2 aromatic rings. The summed E-state index contributed by atoms with van der Waals surface area (Å²) in [5.41, 5.74) is 1.86. The first-order valence-electron chi connectivity index (χ1n) is 5.53. The minimum atomic E-state index is -0.459. The first-order valence-corrected chi connectivity index (χ1v) is 6.36. The minimum Gasteiger partial charge on any atom is -0.322 e. The van der Waals surface area contributed by atoms with Gasteiger partial charge in [-0.2, -0.15) is 0 Å². The van der Waals surface area contributed by atoms with Gasteiger partial charge in [-0.05, 0) is 42.8 Å². The van der Waals surface area contributed by atoms with Gasteiger partial charge in [-0.15, -0.1) is 12.6 Å². The second-order valence-corrected chi connectivity index (χ2v) is 5.00. The molecular weight excluding hydrogens is 285 g/mol. The van der Waals surface area contributed by atoms with Gasteiger partial charge >= 0.3 is 0 Å². The van der Waals surface area contributed by atoms with E-state index in [4.69, 9.17) is 11.6 Å². The molecule has 1 amide bonds. The Hall–Kier alpha value is -1.52. The van der Waals surface area contributed by atoms with E-state index >= 15 is 0 Å². The summed E-state index contributed by atoms with van der Waals surface area (Å²) in [6, 6.07) is 9.23. The molecule has 0 spiro atoms. The quantitative estimate of drug-likeness (QED) is 0.793. The molecule has 0 fully saturated rings. The Morgan fingerprint density at radius 3 is 2.68 bits per heavy atom. The van der Waals surface area contributed by atoms with Crippen molar-refractivity contribution in [2.45, 2.75) is 11.8 Å².